The molecule has 0 amide bonds. The number of carbonyl (C=O) groups is 1. The van der Waals surface area contributed by atoms with Gasteiger partial charge >= 0.3 is 5.97 Å². The van der Waals surface area contributed by atoms with Crippen molar-refractivity contribution < 1.29 is 19.0 Å². The Morgan fingerprint density at radius 2 is 1.91 bits per heavy atom. The van der Waals surface area contributed by atoms with E-state index in [9.17, 15) is 9.59 Å². The fourth-order valence-electron chi connectivity index (χ4n) is 3.85. The minimum Gasteiger partial charge on any atom is -0.497 e. The molecule has 0 saturated heterocycles. The molecule has 0 fully saturated rings. The Balaban J connectivity index is 1.96. The number of methoxy groups -OCH3 is 2. The number of ether oxygens (including phenoxy) is 3. The van der Waals surface area contributed by atoms with E-state index in [1.807, 2.05) is 30.3 Å². The monoisotopic (exact) mass is 542 g/mol. The van der Waals surface area contributed by atoms with Gasteiger partial charge in [0.05, 0.1) is 42.7 Å². The van der Waals surface area contributed by atoms with Crippen LogP contribution in [0.25, 0.3) is 6.08 Å². The van der Waals surface area contributed by atoms with Gasteiger partial charge in [-0.2, -0.15) is 0 Å². The third kappa shape index (κ3) is 4.45. The van der Waals surface area contributed by atoms with Gasteiger partial charge in [-0.3, -0.25) is 9.36 Å². The molecule has 0 radical (unpaired) electrons. The van der Waals surface area contributed by atoms with Gasteiger partial charge in [0.25, 0.3) is 5.56 Å². The van der Waals surface area contributed by atoms with Crippen molar-refractivity contribution in [1.82, 2.24) is 4.57 Å². The lowest BCUT2D eigenvalue weighted by molar-refractivity contribution is -0.139. The summed E-state index contributed by atoms with van der Waals surface area (Å²) >= 11 is 4.74. The van der Waals surface area contributed by atoms with Gasteiger partial charge in [0.1, 0.15) is 11.5 Å². The van der Waals surface area contributed by atoms with Crippen LogP contribution in [-0.4, -0.2) is 31.4 Å². The normalized spacial score (nSPS) is 15.6. The standard InChI is InChI=1S/C25H23BrN2O5S/c1-5-33-24(30)21-14(2)27-25-28(22(21)15-6-9-18(31-3)10-7-15)23(29)20(34-25)13-16-12-17(26)8-11-19(16)32-4/h6-13,22H,5H2,1-4H3/b20-13+. The number of aromatic nitrogens is 1. The summed E-state index contributed by atoms with van der Waals surface area (Å²) in [5.74, 6) is 0.827. The predicted octanol–water partition coefficient (Wildman–Crippen LogP) is 3.58. The molecule has 1 aromatic heterocycles. The zero-order valence-corrected chi connectivity index (χ0v) is 21.5. The first-order valence-electron chi connectivity index (χ1n) is 10.5. The van der Waals surface area contributed by atoms with Crippen LogP contribution in [0.2, 0.25) is 0 Å². The molecule has 0 spiro atoms. The summed E-state index contributed by atoms with van der Waals surface area (Å²) in [6, 6.07) is 12.2. The van der Waals surface area contributed by atoms with E-state index in [0.29, 0.717) is 32.1 Å². The largest absolute Gasteiger partial charge is 0.497 e. The van der Waals surface area contributed by atoms with E-state index in [0.717, 1.165) is 15.6 Å². The van der Waals surface area contributed by atoms with E-state index < -0.39 is 12.0 Å². The molecule has 7 nitrogen and oxygen atoms in total. The number of rotatable bonds is 6. The molecule has 0 saturated carbocycles. The van der Waals surface area contributed by atoms with Crippen molar-refractivity contribution in [3.05, 3.63) is 89.0 Å². The highest BCUT2D eigenvalue weighted by Gasteiger charge is 2.33. The van der Waals surface area contributed by atoms with E-state index in [4.69, 9.17) is 14.2 Å². The smallest absolute Gasteiger partial charge is 0.338 e. The maximum Gasteiger partial charge on any atom is 0.338 e. The van der Waals surface area contributed by atoms with Gasteiger partial charge in [-0.05, 0) is 55.8 Å². The second-order valence-corrected chi connectivity index (χ2v) is 9.39. The number of allylic oxidation sites excluding steroid dienone is 1. The predicted molar refractivity (Wildman–Crippen MR) is 134 cm³/mol. The van der Waals surface area contributed by atoms with E-state index in [2.05, 4.69) is 20.9 Å². The van der Waals surface area contributed by atoms with Crippen LogP contribution >= 0.6 is 27.3 Å². The van der Waals surface area contributed by atoms with Gasteiger partial charge in [-0.1, -0.05) is 39.4 Å². The van der Waals surface area contributed by atoms with Crippen LogP contribution < -0.4 is 24.4 Å². The lowest BCUT2D eigenvalue weighted by Crippen LogP contribution is -2.39. The molecule has 0 aliphatic carbocycles. The van der Waals surface area contributed by atoms with Crippen molar-refractivity contribution in [3.8, 4) is 11.5 Å². The SMILES string of the molecule is CCOC(=O)C1=C(C)N=c2s/c(=C/c3cc(Br)ccc3OC)c(=O)n2C1c1ccc(OC)cc1. The molecule has 1 atom stereocenters. The minimum absolute atomic E-state index is 0.220. The van der Waals surface area contributed by atoms with Gasteiger partial charge in [-0.15, -0.1) is 0 Å². The van der Waals surface area contributed by atoms with Gasteiger partial charge in [0, 0.05) is 10.0 Å². The van der Waals surface area contributed by atoms with Crippen LogP contribution in [0.4, 0.5) is 0 Å². The van der Waals surface area contributed by atoms with E-state index in [1.54, 1.807) is 50.8 Å². The molecule has 1 aliphatic rings. The molecule has 1 aliphatic heterocycles. The average molecular weight is 543 g/mol. The summed E-state index contributed by atoms with van der Waals surface area (Å²) in [5, 5.41) is 0. The Kier molecular flexibility index (Phi) is 7.04. The fourth-order valence-corrected chi connectivity index (χ4v) is 5.27. The average Bonchev–Trinajstić information content (AvgIpc) is 3.13. The van der Waals surface area contributed by atoms with Crippen LogP contribution in [0.3, 0.4) is 0 Å². The summed E-state index contributed by atoms with van der Waals surface area (Å²) in [7, 11) is 3.17. The van der Waals surface area contributed by atoms with Crippen LogP contribution in [0.15, 0.2) is 68.0 Å². The number of hydrogen-bond acceptors (Lipinski definition) is 7. The second-order valence-electron chi connectivity index (χ2n) is 7.46. The first-order valence-corrected chi connectivity index (χ1v) is 12.2. The fraction of sp³-hybridized carbons (Fsp3) is 0.240. The lowest BCUT2D eigenvalue weighted by atomic mass is 9.96. The summed E-state index contributed by atoms with van der Waals surface area (Å²) in [5.41, 5.74) is 2.12. The topological polar surface area (TPSA) is 79.1 Å². The highest BCUT2D eigenvalue weighted by Crippen LogP contribution is 2.31. The summed E-state index contributed by atoms with van der Waals surface area (Å²) < 4.78 is 19.0. The third-order valence-corrected chi connectivity index (χ3v) is 6.90. The Labute approximate surface area is 208 Å². The Hall–Kier alpha value is -3.17. The van der Waals surface area contributed by atoms with Gasteiger partial charge in [0.15, 0.2) is 4.80 Å². The number of thiazole rings is 1. The van der Waals surface area contributed by atoms with Crippen molar-refractivity contribution in [2.75, 3.05) is 20.8 Å². The minimum atomic E-state index is -0.673. The van der Waals surface area contributed by atoms with Crippen LogP contribution in [-0.2, 0) is 9.53 Å². The molecule has 3 aromatic rings. The number of esters is 1. The number of benzene rings is 2. The number of halogens is 1. The molecule has 2 aromatic carbocycles. The summed E-state index contributed by atoms with van der Waals surface area (Å²) in [4.78, 5) is 31.7. The molecule has 176 valence electrons. The molecule has 2 heterocycles. The molecule has 0 bridgehead atoms. The zero-order valence-electron chi connectivity index (χ0n) is 19.1. The molecule has 1 unspecified atom stereocenters. The van der Waals surface area contributed by atoms with Crippen molar-refractivity contribution in [3.63, 3.8) is 0 Å². The van der Waals surface area contributed by atoms with Crippen molar-refractivity contribution in [2.45, 2.75) is 19.9 Å². The quantitative estimate of drug-likeness (QED) is 0.445. The molecular formula is C25H23BrN2O5S. The third-order valence-electron chi connectivity index (χ3n) is 5.43. The Morgan fingerprint density at radius 3 is 2.56 bits per heavy atom. The first-order chi connectivity index (χ1) is 16.4. The Bertz CT molecular complexity index is 1450. The van der Waals surface area contributed by atoms with Crippen LogP contribution in [0.1, 0.15) is 31.0 Å². The molecule has 4 rings (SSSR count). The Morgan fingerprint density at radius 1 is 1.18 bits per heavy atom. The summed E-state index contributed by atoms with van der Waals surface area (Å²) in [6.07, 6.45) is 1.78. The van der Waals surface area contributed by atoms with Crippen LogP contribution in [0.5, 0.6) is 11.5 Å². The van der Waals surface area contributed by atoms with E-state index in [-0.39, 0.29) is 12.2 Å². The van der Waals surface area contributed by atoms with Gasteiger partial charge in [0.2, 0.25) is 0 Å². The maximum absolute atomic E-state index is 13.7. The number of carbonyl (C=O) groups excluding carboxylic acids is 1. The van der Waals surface area contributed by atoms with Crippen molar-refractivity contribution in [2.24, 2.45) is 4.99 Å². The maximum atomic E-state index is 13.7. The van der Waals surface area contributed by atoms with Gasteiger partial charge in [-0.25, -0.2) is 9.79 Å². The van der Waals surface area contributed by atoms with Crippen LogP contribution in [0, 0.1) is 0 Å². The second kappa shape index (κ2) is 9.99. The summed E-state index contributed by atoms with van der Waals surface area (Å²) in [6.45, 7) is 3.73. The molecule has 0 N–H and O–H groups in total. The number of hydrogen-bond donors (Lipinski definition) is 0. The zero-order chi connectivity index (χ0) is 24.4. The molecule has 9 heteroatoms. The highest BCUT2D eigenvalue weighted by molar-refractivity contribution is 9.10. The number of nitrogens with zero attached hydrogens (tertiary/aromatic N) is 2. The van der Waals surface area contributed by atoms with Crippen molar-refractivity contribution in [1.29, 1.82) is 0 Å². The van der Waals surface area contributed by atoms with Gasteiger partial charge < -0.3 is 14.2 Å². The first kappa shape index (κ1) is 24.0. The van der Waals surface area contributed by atoms with Crippen molar-refractivity contribution >= 4 is 39.3 Å². The van der Waals surface area contributed by atoms with E-state index in [1.165, 1.54) is 11.3 Å². The number of fused-ring (bicyclic) bond motifs is 1. The highest BCUT2D eigenvalue weighted by atomic mass is 79.9. The van der Waals surface area contributed by atoms with E-state index >= 15 is 0 Å². The molecular weight excluding hydrogens is 520 g/mol. The molecule has 34 heavy (non-hydrogen) atoms. The lowest BCUT2D eigenvalue weighted by Gasteiger charge is -2.24.